The van der Waals surface area contributed by atoms with Crippen molar-refractivity contribution in [2.24, 2.45) is 0 Å². The van der Waals surface area contributed by atoms with Gasteiger partial charge in [0.2, 0.25) is 0 Å². The maximum atomic E-state index is 12.7. The number of hydrogen-bond acceptors (Lipinski definition) is 4. The second kappa shape index (κ2) is 8.03. The van der Waals surface area contributed by atoms with Crippen LogP contribution in [-0.4, -0.2) is 49.0 Å². The fraction of sp³-hybridized carbons (Fsp3) is 0.333. The number of nitrogens with zero attached hydrogens (tertiary/aromatic N) is 3. The number of amides is 1. The first-order valence-corrected chi connectivity index (χ1v) is 8.76. The smallest absolute Gasteiger partial charge is 0.254 e. The first-order chi connectivity index (χ1) is 12.6. The number of aryl methyl sites for hydroxylation is 1. The van der Waals surface area contributed by atoms with Crippen LogP contribution in [0.15, 0.2) is 48.5 Å². The number of hydrogen-bond donors (Lipinski definition) is 0. The zero-order valence-corrected chi connectivity index (χ0v) is 15.2. The van der Waals surface area contributed by atoms with Crippen LogP contribution in [-0.2, 0) is 0 Å². The van der Waals surface area contributed by atoms with Gasteiger partial charge in [-0.1, -0.05) is 30.3 Å². The molecule has 0 saturated carbocycles. The largest absolute Gasteiger partial charge is 0.497 e. The Bertz CT molecular complexity index is 803. The molecule has 5 heteroatoms. The van der Waals surface area contributed by atoms with Crippen molar-refractivity contribution in [3.05, 3.63) is 65.2 Å². The maximum Gasteiger partial charge on any atom is 0.254 e. The first-order valence-electron chi connectivity index (χ1n) is 8.76. The molecule has 2 aromatic rings. The molecule has 0 aliphatic carbocycles. The third-order valence-electron chi connectivity index (χ3n) is 4.90. The normalized spacial score (nSPS) is 16.0. The third-order valence-corrected chi connectivity index (χ3v) is 4.90. The van der Waals surface area contributed by atoms with Gasteiger partial charge in [-0.05, 0) is 36.2 Å². The van der Waals surface area contributed by atoms with Crippen LogP contribution in [0, 0.1) is 18.3 Å². The zero-order chi connectivity index (χ0) is 18.5. The number of methoxy groups -OCH3 is 1. The number of benzene rings is 2. The molecule has 1 saturated heterocycles. The van der Waals surface area contributed by atoms with E-state index in [2.05, 4.69) is 11.0 Å². The lowest BCUT2D eigenvalue weighted by Crippen LogP contribution is -2.49. The molecular weight excluding hydrogens is 326 g/mol. The molecule has 0 spiro atoms. The number of piperazine rings is 1. The highest BCUT2D eigenvalue weighted by atomic mass is 16.5. The van der Waals surface area contributed by atoms with Crippen molar-refractivity contribution >= 4 is 5.91 Å². The van der Waals surface area contributed by atoms with Crippen LogP contribution in [0.5, 0.6) is 5.75 Å². The SMILES string of the molecule is COc1ccc([C@H](C#N)N2CCN(C(=O)c3ccccc3C)CC2)cc1. The van der Waals surface area contributed by atoms with Crippen LogP contribution in [0.25, 0.3) is 0 Å². The van der Waals surface area contributed by atoms with Gasteiger partial charge in [0.1, 0.15) is 11.8 Å². The van der Waals surface area contributed by atoms with Gasteiger partial charge in [0.15, 0.2) is 0 Å². The Morgan fingerprint density at radius 1 is 1.08 bits per heavy atom. The van der Waals surface area contributed by atoms with Crippen LogP contribution in [0.3, 0.4) is 0 Å². The van der Waals surface area contributed by atoms with Gasteiger partial charge in [-0.3, -0.25) is 9.69 Å². The Morgan fingerprint density at radius 3 is 2.31 bits per heavy atom. The molecule has 134 valence electrons. The van der Waals surface area contributed by atoms with Crippen molar-refractivity contribution < 1.29 is 9.53 Å². The average molecular weight is 349 g/mol. The molecule has 1 fully saturated rings. The van der Waals surface area contributed by atoms with E-state index in [1.165, 1.54) is 0 Å². The van der Waals surface area contributed by atoms with Crippen LogP contribution in [0.4, 0.5) is 0 Å². The van der Waals surface area contributed by atoms with E-state index < -0.39 is 0 Å². The summed E-state index contributed by atoms with van der Waals surface area (Å²) in [6.07, 6.45) is 0. The number of ether oxygens (including phenoxy) is 1. The van der Waals surface area contributed by atoms with Gasteiger partial charge >= 0.3 is 0 Å². The summed E-state index contributed by atoms with van der Waals surface area (Å²) in [7, 11) is 1.63. The predicted octanol–water partition coefficient (Wildman–Crippen LogP) is 3.03. The fourth-order valence-electron chi connectivity index (χ4n) is 3.32. The molecule has 3 rings (SSSR count). The van der Waals surface area contributed by atoms with E-state index in [1.807, 2.05) is 60.4 Å². The van der Waals surface area contributed by atoms with Gasteiger partial charge in [0.25, 0.3) is 5.91 Å². The summed E-state index contributed by atoms with van der Waals surface area (Å²) >= 11 is 0. The van der Waals surface area contributed by atoms with E-state index >= 15 is 0 Å². The quantitative estimate of drug-likeness (QED) is 0.851. The van der Waals surface area contributed by atoms with Crippen molar-refractivity contribution in [2.45, 2.75) is 13.0 Å². The lowest BCUT2D eigenvalue weighted by Gasteiger charge is -2.37. The van der Waals surface area contributed by atoms with E-state index in [0.29, 0.717) is 26.2 Å². The standard InChI is InChI=1S/C21H23N3O2/c1-16-5-3-4-6-19(16)21(25)24-13-11-23(12-14-24)20(15-22)17-7-9-18(26-2)10-8-17/h3-10,20H,11-14H2,1-2H3/t20-/m0/s1. The van der Waals surface area contributed by atoms with E-state index in [-0.39, 0.29) is 11.9 Å². The zero-order valence-electron chi connectivity index (χ0n) is 15.2. The van der Waals surface area contributed by atoms with Crippen molar-refractivity contribution in [1.29, 1.82) is 5.26 Å². The molecule has 5 nitrogen and oxygen atoms in total. The highest BCUT2D eigenvalue weighted by Gasteiger charge is 2.27. The van der Waals surface area contributed by atoms with Gasteiger partial charge < -0.3 is 9.64 Å². The number of nitriles is 1. The maximum absolute atomic E-state index is 12.7. The Balaban J connectivity index is 1.66. The Morgan fingerprint density at radius 2 is 1.73 bits per heavy atom. The van der Waals surface area contributed by atoms with Gasteiger partial charge in [0, 0.05) is 31.7 Å². The summed E-state index contributed by atoms with van der Waals surface area (Å²) in [6, 6.07) is 17.4. The lowest BCUT2D eigenvalue weighted by molar-refractivity contribution is 0.0605. The second-order valence-corrected chi connectivity index (χ2v) is 6.45. The summed E-state index contributed by atoms with van der Waals surface area (Å²) in [6.45, 7) is 4.58. The van der Waals surface area contributed by atoms with E-state index in [0.717, 1.165) is 22.4 Å². The molecule has 0 radical (unpaired) electrons. The molecule has 1 atom stereocenters. The molecule has 1 amide bonds. The number of carbonyl (C=O) groups excluding carboxylic acids is 1. The first kappa shape index (κ1) is 18.0. The van der Waals surface area contributed by atoms with Crippen LogP contribution in [0.2, 0.25) is 0 Å². The number of rotatable bonds is 4. The molecule has 26 heavy (non-hydrogen) atoms. The van der Waals surface area contributed by atoms with E-state index in [4.69, 9.17) is 4.74 Å². The van der Waals surface area contributed by atoms with E-state index in [1.54, 1.807) is 7.11 Å². The predicted molar refractivity (Wildman–Crippen MR) is 100 cm³/mol. The molecule has 1 aliphatic rings. The molecule has 0 N–H and O–H groups in total. The van der Waals surface area contributed by atoms with Crippen molar-refractivity contribution in [3.8, 4) is 11.8 Å². The van der Waals surface area contributed by atoms with Crippen molar-refractivity contribution in [2.75, 3.05) is 33.3 Å². The third kappa shape index (κ3) is 3.71. The van der Waals surface area contributed by atoms with Gasteiger partial charge in [-0.15, -0.1) is 0 Å². The van der Waals surface area contributed by atoms with Crippen LogP contribution in [0.1, 0.15) is 27.5 Å². The van der Waals surface area contributed by atoms with Crippen LogP contribution < -0.4 is 4.74 Å². The summed E-state index contributed by atoms with van der Waals surface area (Å²) in [5, 5.41) is 9.64. The van der Waals surface area contributed by atoms with Gasteiger partial charge in [0.05, 0.1) is 13.2 Å². The van der Waals surface area contributed by atoms with Gasteiger partial charge in [-0.2, -0.15) is 5.26 Å². The summed E-state index contributed by atoms with van der Waals surface area (Å²) in [4.78, 5) is 16.7. The average Bonchev–Trinajstić information content (AvgIpc) is 2.69. The number of carbonyl (C=O) groups is 1. The molecule has 0 bridgehead atoms. The summed E-state index contributed by atoms with van der Waals surface area (Å²) in [5.74, 6) is 0.847. The lowest BCUT2D eigenvalue weighted by atomic mass is 10.0. The molecule has 0 unspecified atom stereocenters. The molecule has 1 heterocycles. The second-order valence-electron chi connectivity index (χ2n) is 6.45. The highest BCUT2D eigenvalue weighted by Crippen LogP contribution is 2.24. The van der Waals surface area contributed by atoms with E-state index in [9.17, 15) is 10.1 Å². The Labute approximate surface area is 154 Å². The minimum absolute atomic E-state index is 0.0701. The van der Waals surface area contributed by atoms with Crippen molar-refractivity contribution in [1.82, 2.24) is 9.80 Å². The summed E-state index contributed by atoms with van der Waals surface area (Å²) in [5.41, 5.74) is 2.70. The topological polar surface area (TPSA) is 56.6 Å². The Hall–Kier alpha value is -2.84. The molecule has 2 aromatic carbocycles. The molecular formula is C21H23N3O2. The minimum atomic E-state index is -0.309. The van der Waals surface area contributed by atoms with Crippen LogP contribution >= 0.6 is 0 Å². The highest BCUT2D eigenvalue weighted by molar-refractivity contribution is 5.95. The summed E-state index contributed by atoms with van der Waals surface area (Å²) < 4.78 is 5.18. The fourth-order valence-corrected chi connectivity index (χ4v) is 3.32. The molecule has 0 aromatic heterocycles. The van der Waals surface area contributed by atoms with Crippen molar-refractivity contribution in [3.63, 3.8) is 0 Å². The molecule has 1 aliphatic heterocycles. The Kier molecular flexibility index (Phi) is 5.55. The monoisotopic (exact) mass is 349 g/mol. The van der Waals surface area contributed by atoms with Gasteiger partial charge in [-0.25, -0.2) is 0 Å². The minimum Gasteiger partial charge on any atom is -0.497 e.